The molecule has 0 aromatic heterocycles. The van der Waals surface area contributed by atoms with Crippen LogP contribution in [-0.4, -0.2) is 92.6 Å². The predicted octanol–water partition coefficient (Wildman–Crippen LogP) is 7.42. The minimum atomic E-state index is -0.488. The molecule has 0 amide bonds. The lowest BCUT2D eigenvalue weighted by Gasteiger charge is -2.30. The lowest BCUT2D eigenvalue weighted by Crippen LogP contribution is -2.33. The Kier molecular flexibility index (Phi) is 21.7. The van der Waals surface area contributed by atoms with Crippen LogP contribution >= 0.6 is 0 Å². The van der Waals surface area contributed by atoms with Crippen LogP contribution in [0.2, 0.25) is 0 Å². The molecule has 17 nitrogen and oxygen atoms in total. The molecular weight excluding hydrogens is 883 g/mol. The van der Waals surface area contributed by atoms with Gasteiger partial charge >= 0.3 is 47.8 Å². The summed E-state index contributed by atoms with van der Waals surface area (Å²) in [6.07, 6.45) is 13.0. The van der Waals surface area contributed by atoms with Gasteiger partial charge in [0.1, 0.15) is 23.7 Å². The van der Waals surface area contributed by atoms with Crippen molar-refractivity contribution in [2.45, 2.75) is 141 Å². The van der Waals surface area contributed by atoms with Gasteiger partial charge in [-0.25, -0.2) is 9.59 Å². The molecule has 1 N–H and O–H groups in total. The van der Waals surface area contributed by atoms with Crippen LogP contribution in [0.1, 0.15) is 134 Å². The summed E-state index contributed by atoms with van der Waals surface area (Å²) in [5.74, 6) is -4.56. The molecule has 1 aromatic rings. The van der Waals surface area contributed by atoms with E-state index in [1.54, 1.807) is 0 Å². The van der Waals surface area contributed by atoms with Crippen molar-refractivity contribution in [1.82, 2.24) is 0 Å². The zero-order valence-corrected chi connectivity index (χ0v) is 39.0. The first-order valence-corrected chi connectivity index (χ1v) is 24.3. The molecule has 0 radical (unpaired) electrons. The summed E-state index contributed by atoms with van der Waals surface area (Å²) in [4.78, 5) is 99.6. The molecule has 0 aliphatic heterocycles. The van der Waals surface area contributed by atoms with Crippen LogP contribution in [0.15, 0.2) is 43.5 Å². The molecule has 4 fully saturated rings. The van der Waals surface area contributed by atoms with Crippen molar-refractivity contribution in [2.24, 2.45) is 35.5 Å². The van der Waals surface area contributed by atoms with Gasteiger partial charge < -0.3 is 43.3 Å². The number of ether oxygens (including phenoxy) is 8. The topological polar surface area (TPSA) is 234 Å². The van der Waals surface area contributed by atoms with E-state index in [-0.39, 0.29) is 103 Å². The molecule has 0 saturated heterocycles. The monoisotopic (exact) mass is 949 g/mol. The zero-order chi connectivity index (χ0) is 48.8. The molecule has 0 heterocycles. The van der Waals surface area contributed by atoms with Crippen molar-refractivity contribution in [3.05, 3.63) is 49.1 Å². The largest absolute Gasteiger partial charge is 0.465 e. The number of carbonyl (C=O) groups excluding carboxylic acids is 8. The van der Waals surface area contributed by atoms with Crippen molar-refractivity contribution in [1.29, 1.82) is 5.41 Å². The van der Waals surface area contributed by atoms with Gasteiger partial charge in [0.05, 0.1) is 61.9 Å². The summed E-state index contributed by atoms with van der Waals surface area (Å²) < 4.78 is 43.7. The molecule has 1 aromatic carbocycles. The quantitative estimate of drug-likeness (QED) is 0.0281. The van der Waals surface area contributed by atoms with E-state index >= 15 is 0 Å². The highest BCUT2D eigenvalue weighted by atomic mass is 16.6. The van der Waals surface area contributed by atoms with Crippen LogP contribution in [0.3, 0.4) is 0 Å². The predicted molar refractivity (Wildman–Crippen MR) is 243 cm³/mol. The van der Waals surface area contributed by atoms with Gasteiger partial charge in [0.2, 0.25) is 0 Å². The van der Waals surface area contributed by atoms with Crippen LogP contribution < -0.4 is 9.47 Å². The van der Waals surface area contributed by atoms with E-state index in [9.17, 15) is 38.4 Å². The molecular formula is C51H67NO16. The summed E-state index contributed by atoms with van der Waals surface area (Å²) in [5.41, 5.74) is 0.264. The van der Waals surface area contributed by atoms with Gasteiger partial charge in [-0.2, -0.15) is 0 Å². The molecule has 68 heavy (non-hydrogen) atoms. The molecule has 0 unspecified atom stereocenters. The highest BCUT2D eigenvalue weighted by Gasteiger charge is 2.37. The van der Waals surface area contributed by atoms with Crippen LogP contribution in [0.4, 0.5) is 0 Å². The van der Waals surface area contributed by atoms with Crippen molar-refractivity contribution in [2.75, 3.05) is 26.4 Å². The smallest absolute Gasteiger partial charge is 0.330 e. The Morgan fingerprint density at radius 1 is 0.456 bits per heavy atom. The molecule has 0 bridgehead atoms. The maximum absolute atomic E-state index is 13.2. The first-order chi connectivity index (χ1) is 32.9. The molecule has 5 rings (SSSR count). The number of benzene rings is 1. The Morgan fingerprint density at radius 2 is 0.794 bits per heavy atom. The van der Waals surface area contributed by atoms with Gasteiger partial charge in [0, 0.05) is 23.9 Å². The standard InChI is InChI=1S/C51H67NO16/c1-3-44(53)61-27-5-7-29-63-46(55)33-9-13-35(14-10-33)48(57)65-40-21-17-37(18-22-40)50(59)67-42-25-26-43(39(31-42)32-52)68-51(60)38-19-23-41(24-20-38)66-49(58)36-15-11-34(12-16-36)47(56)64-30-8-6-28-62-45(54)4-2/h3-4,25-26,31-38,40-41,52H,1-2,5-24,27-30H2. The molecule has 0 spiro atoms. The van der Waals surface area contributed by atoms with E-state index in [1.807, 2.05) is 0 Å². The molecule has 0 atom stereocenters. The van der Waals surface area contributed by atoms with E-state index in [4.69, 9.17) is 43.3 Å². The van der Waals surface area contributed by atoms with Crippen molar-refractivity contribution >= 4 is 54.0 Å². The number of esters is 8. The second kappa shape index (κ2) is 27.8. The summed E-state index contributed by atoms with van der Waals surface area (Å²) in [7, 11) is 0. The van der Waals surface area contributed by atoms with E-state index in [1.165, 1.54) is 18.2 Å². The van der Waals surface area contributed by atoms with Gasteiger partial charge in [-0.1, -0.05) is 13.2 Å². The first kappa shape index (κ1) is 53.1. The maximum Gasteiger partial charge on any atom is 0.330 e. The van der Waals surface area contributed by atoms with E-state index < -0.39 is 35.7 Å². The minimum absolute atomic E-state index is 0.164. The summed E-state index contributed by atoms with van der Waals surface area (Å²) >= 11 is 0. The Balaban J connectivity index is 0.933. The fourth-order valence-corrected chi connectivity index (χ4v) is 9.12. The third-order valence-electron chi connectivity index (χ3n) is 13.3. The summed E-state index contributed by atoms with van der Waals surface area (Å²) in [6.45, 7) is 7.62. The first-order valence-electron chi connectivity index (χ1n) is 24.3. The number of unbranched alkanes of at least 4 members (excludes halogenated alkanes) is 2. The normalized spacial score (nSPS) is 24.6. The van der Waals surface area contributed by atoms with E-state index in [0.29, 0.717) is 128 Å². The Morgan fingerprint density at radius 3 is 1.18 bits per heavy atom. The zero-order valence-electron chi connectivity index (χ0n) is 39.0. The number of hydrogen-bond donors (Lipinski definition) is 1. The number of hydrogen-bond acceptors (Lipinski definition) is 17. The minimum Gasteiger partial charge on any atom is -0.465 e. The van der Waals surface area contributed by atoms with Crippen LogP contribution in [0.25, 0.3) is 0 Å². The Hall–Kier alpha value is -5.87. The number of rotatable bonds is 23. The number of nitrogens with one attached hydrogen (secondary N) is 1. The SMILES string of the molecule is C=CC(=O)OCCCCOC(=O)C1CCC(C(=O)OC2CCC(C(=O)Oc3ccc(OC(=O)C4CCC(OC(=O)C5CCC(C(=O)OCCCCOC(=O)C=C)CC5)CC4)c(C=N)c3)CC2)CC1. The fourth-order valence-electron chi connectivity index (χ4n) is 9.12. The molecule has 4 saturated carbocycles. The molecule has 17 heteroatoms. The van der Waals surface area contributed by atoms with Crippen molar-refractivity contribution in [3.63, 3.8) is 0 Å². The Bertz CT molecular complexity index is 1930. The van der Waals surface area contributed by atoms with Crippen molar-refractivity contribution in [3.8, 4) is 11.5 Å². The summed E-state index contributed by atoms with van der Waals surface area (Å²) in [6, 6.07) is 4.49. The second-order valence-corrected chi connectivity index (χ2v) is 18.1. The van der Waals surface area contributed by atoms with Crippen LogP contribution in [-0.2, 0) is 66.8 Å². The second-order valence-electron chi connectivity index (χ2n) is 18.1. The maximum atomic E-state index is 13.2. The average Bonchev–Trinajstić information content (AvgIpc) is 3.36. The highest BCUT2D eigenvalue weighted by Crippen LogP contribution is 2.36. The third-order valence-corrected chi connectivity index (χ3v) is 13.3. The molecule has 372 valence electrons. The molecule has 4 aliphatic carbocycles. The van der Waals surface area contributed by atoms with Gasteiger partial charge in [-0.3, -0.25) is 28.8 Å². The van der Waals surface area contributed by atoms with E-state index in [0.717, 1.165) is 18.4 Å². The van der Waals surface area contributed by atoms with Gasteiger partial charge in [0.15, 0.2) is 0 Å². The van der Waals surface area contributed by atoms with Crippen molar-refractivity contribution < 1.29 is 76.3 Å². The molecule has 4 aliphatic rings. The highest BCUT2D eigenvalue weighted by molar-refractivity contribution is 5.86. The summed E-state index contributed by atoms with van der Waals surface area (Å²) in [5, 5.41) is 7.94. The van der Waals surface area contributed by atoms with Gasteiger partial charge in [-0.05, 0) is 147 Å². The number of carbonyl (C=O) groups is 8. The lowest BCUT2D eigenvalue weighted by atomic mass is 9.82. The lowest BCUT2D eigenvalue weighted by molar-refractivity contribution is -0.161. The van der Waals surface area contributed by atoms with Crippen LogP contribution in [0.5, 0.6) is 11.5 Å². The average molecular weight is 950 g/mol. The van der Waals surface area contributed by atoms with Gasteiger partial charge in [-0.15, -0.1) is 0 Å². The Labute approximate surface area is 397 Å². The van der Waals surface area contributed by atoms with E-state index in [2.05, 4.69) is 13.2 Å². The van der Waals surface area contributed by atoms with Gasteiger partial charge in [0.25, 0.3) is 0 Å². The van der Waals surface area contributed by atoms with Crippen LogP contribution in [0, 0.1) is 40.9 Å². The fraction of sp³-hybridized carbons (Fsp3) is 0.627. The third kappa shape index (κ3) is 17.0.